The molecule has 0 bridgehead atoms. The van der Waals surface area contributed by atoms with Crippen LogP contribution in [0.4, 0.5) is 5.69 Å². The summed E-state index contributed by atoms with van der Waals surface area (Å²) >= 11 is 1.45. The molecule has 0 atom stereocenters. The largest absolute Gasteiger partial charge is 0.489 e. The molecular formula is C29H24N2O2S. The van der Waals surface area contributed by atoms with Gasteiger partial charge in [0.25, 0.3) is 5.91 Å². The van der Waals surface area contributed by atoms with Gasteiger partial charge in [-0.25, -0.2) is 0 Å². The molecule has 1 amide bonds. The van der Waals surface area contributed by atoms with E-state index in [4.69, 9.17) is 4.74 Å². The van der Waals surface area contributed by atoms with Crippen LogP contribution in [-0.2, 0) is 6.61 Å². The molecule has 0 saturated carbocycles. The second kappa shape index (κ2) is 9.81. The number of nitrogens with zero attached hydrogens (tertiary/aromatic N) is 1. The monoisotopic (exact) mass is 464 g/mol. The summed E-state index contributed by atoms with van der Waals surface area (Å²) in [6.07, 6.45) is 3.94. The van der Waals surface area contributed by atoms with E-state index < -0.39 is 0 Å². The van der Waals surface area contributed by atoms with E-state index in [9.17, 15) is 4.79 Å². The molecule has 3 aromatic carbocycles. The first-order valence-electron chi connectivity index (χ1n) is 11.1. The first kappa shape index (κ1) is 21.7. The van der Waals surface area contributed by atoms with Crippen LogP contribution in [0.15, 0.2) is 109 Å². The number of carbonyl (C=O) groups excluding carboxylic acids is 1. The lowest BCUT2D eigenvalue weighted by Crippen LogP contribution is -2.13. The Balaban J connectivity index is 1.36. The highest BCUT2D eigenvalue weighted by molar-refractivity contribution is 7.13. The van der Waals surface area contributed by atoms with Crippen molar-refractivity contribution in [3.8, 4) is 22.6 Å². The van der Waals surface area contributed by atoms with Crippen LogP contribution in [0.2, 0.25) is 0 Å². The molecule has 168 valence electrons. The van der Waals surface area contributed by atoms with Gasteiger partial charge in [-0.1, -0.05) is 60.2 Å². The summed E-state index contributed by atoms with van der Waals surface area (Å²) in [5, 5.41) is 5.10. The minimum atomic E-state index is -0.134. The molecule has 5 aromatic rings. The smallest absolute Gasteiger partial charge is 0.267 e. The fourth-order valence-corrected chi connectivity index (χ4v) is 4.80. The van der Waals surface area contributed by atoms with E-state index in [0.29, 0.717) is 11.5 Å². The molecule has 4 nitrogen and oxygen atoms in total. The Bertz CT molecular complexity index is 1390. The average molecular weight is 465 g/mol. The second-order valence-electron chi connectivity index (χ2n) is 8.04. The van der Waals surface area contributed by atoms with Crippen LogP contribution in [0.5, 0.6) is 5.75 Å². The third-order valence-corrected chi connectivity index (χ3v) is 6.49. The van der Waals surface area contributed by atoms with Gasteiger partial charge in [0.1, 0.15) is 17.2 Å². The number of aromatic nitrogens is 1. The van der Waals surface area contributed by atoms with Gasteiger partial charge in [0.2, 0.25) is 0 Å². The van der Waals surface area contributed by atoms with Gasteiger partial charge in [0, 0.05) is 29.0 Å². The summed E-state index contributed by atoms with van der Waals surface area (Å²) in [6.45, 7) is 2.58. The summed E-state index contributed by atoms with van der Waals surface area (Å²) < 4.78 is 7.86. The van der Waals surface area contributed by atoms with Crippen molar-refractivity contribution in [2.75, 3.05) is 5.32 Å². The Hall–Kier alpha value is -4.09. The molecule has 5 rings (SSSR count). The molecule has 5 heteroatoms. The fraction of sp³-hybridized carbons (Fsp3) is 0.0690. The van der Waals surface area contributed by atoms with E-state index in [1.807, 2.05) is 89.8 Å². The summed E-state index contributed by atoms with van der Waals surface area (Å²) in [6, 6.07) is 29.8. The lowest BCUT2D eigenvalue weighted by molar-refractivity contribution is 0.103. The van der Waals surface area contributed by atoms with Gasteiger partial charge in [0.05, 0.1) is 5.69 Å². The molecule has 2 heterocycles. The molecule has 2 aromatic heterocycles. The van der Waals surface area contributed by atoms with E-state index in [1.165, 1.54) is 16.9 Å². The third-order valence-electron chi connectivity index (χ3n) is 5.52. The molecule has 0 radical (unpaired) electrons. The molecule has 0 unspecified atom stereocenters. The number of rotatable bonds is 7. The Morgan fingerprint density at radius 1 is 0.912 bits per heavy atom. The predicted molar refractivity (Wildman–Crippen MR) is 139 cm³/mol. The summed E-state index contributed by atoms with van der Waals surface area (Å²) in [5.74, 6) is 0.623. The predicted octanol–water partition coefficient (Wildman–Crippen LogP) is 7.35. The number of nitrogens with one attached hydrogen (secondary N) is 1. The molecule has 0 spiro atoms. The van der Waals surface area contributed by atoms with Gasteiger partial charge < -0.3 is 14.6 Å². The number of anilines is 1. The minimum absolute atomic E-state index is 0.134. The highest BCUT2D eigenvalue weighted by Gasteiger charge is 2.20. The van der Waals surface area contributed by atoms with Crippen LogP contribution in [0, 0.1) is 6.92 Å². The number of hydrogen-bond donors (Lipinski definition) is 1. The van der Waals surface area contributed by atoms with Crippen LogP contribution in [0.3, 0.4) is 0 Å². The van der Waals surface area contributed by atoms with Crippen LogP contribution < -0.4 is 10.1 Å². The van der Waals surface area contributed by atoms with Crippen molar-refractivity contribution in [3.63, 3.8) is 0 Å². The van der Waals surface area contributed by atoms with Gasteiger partial charge in [-0.05, 0) is 54.4 Å². The van der Waals surface area contributed by atoms with Gasteiger partial charge in [-0.2, -0.15) is 0 Å². The number of aryl methyl sites for hydroxylation is 1. The lowest BCUT2D eigenvalue weighted by Gasteiger charge is -2.11. The molecular weight excluding hydrogens is 440 g/mol. The van der Waals surface area contributed by atoms with E-state index in [0.717, 1.165) is 33.8 Å². The maximum absolute atomic E-state index is 13.3. The van der Waals surface area contributed by atoms with Crippen LogP contribution in [-0.4, -0.2) is 10.5 Å². The van der Waals surface area contributed by atoms with Crippen molar-refractivity contribution in [2.45, 2.75) is 13.5 Å². The highest BCUT2D eigenvalue weighted by Crippen LogP contribution is 2.36. The SMILES string of the molecule is Cc1cccc(-c2csc(C(=O)Nc3ccc(OCc4ccccc4)cc3)c2-n2cccc2)c1. The van der Waals surface area contributed by atoms with Crippen molar-refractivity contribution in [2.24, 2.45) is 0 Å². The highest BCUT2D eigenvalue weighted by atomic mass is 32.1. The summed E-state index contributed by atoms with van der Waals surface area (Å²) in [7, 11) is 0. The second-order valence-corrected chi connectivity index (χ2v) is 8.92. The van der Waals surface area contributed by atoms with Gasteiger partial charge in [0.15, 0.2) is 0 Å². The van der Waals surface area contributed by atoms with Crippen LogP contribution in [0.1, 0.15) is 20.8 Å². The lowest BCUT2D eigenvalue weighted by atomic mass is 10.0. The molecule has 0 saturated heterocycles. The van der Waals surface area contributed by atoms with Crippen molar-refractivity contribution >= 4 is 22.9 Å². The average Bonchev–Trinajstić information content (AvgIpc) is 3.54. The molecule has 1 N–H and O–H groups in total. The molecule has 0 aliphatic heterocycles. The molecule has 0 aliphatic carbocycles. The Morgan fingerprint density at radius 3 is 2.41 bits per heavy atom. The number of amides is 1. The topological polar surface area (TPSA) is 43.3 Å². The number of thiophene rings is 1. The van der Waals surface area contributed by atoms with Crippen molar-refractivity contribution in [1.29, 1.82) is 0 Å². The number of benzene rings is 3. The Labute approximate surface area is 203 Å². The maximum atomic E-state index is 13.3. The fourth-order valence-electron chi connectivity index (χ4n) is 3.83. The quantitative estimate of drug-likeness (QED) is 0.274. The van der Waals surface area contributed by atoms with Gasteiger partial charge >= 0.3 is 0 Å². The zero-order chi connectivity index (χ0) is 23.3. The molecule has 34 heavy (non-hydrogen) atoms. The summed E-state index contributed by atoms with van der Waals surface area (Å²) in [4.78, 5) is 14.0. The molecule has 0 aliphatic rings. The van der Waals surface area contributed by atoms with Crippen molar-refractivity contribution < 1.29 is 9.53 Å². The Kier molecular flexibility index (Phi) is 6.27. The van der Waals surface area contributed by atoms with Crippen molar-refractivity contribution in [3.05, 3.63) is 125 Å². The number of carbonyl (C=O) groups is 1. The minimum Gasteiger partial charge on any atom is -0.489 e. The first-order chi connectivity index (χ1) is 16.7. The summed E-state index contributed by atoms with van der Waals surface area (Å²) in [5.41, 5.74) is 6.04. The Morgan fingerprint density at radius 2 is 1.68 bits per heavy atom. The van der Waals surface area contributed by atoms with E-state index in [2.05, 4.69) is 35.8 Å². The number of ether oxygens (including phenoxy) is 1. The van der Waals surface area contributed by atoms with Crippen molar-refractivity contribution in [1.82, 2.24) is 4.57 Å². The van der Waals surface area contributed by atoms with Crippen LogP contribution >= 0.6 is 11.3 Å². The first-order valence-corrected chi connectivity index (χ1v) is 12.0. The number of hydrogen-bond acceptors (Lipinski definition) is 3. The zero-order valence-electron chi connectivity index (χ0n) is 18.8. The third kappa shape index (κ3) is 4.80. The van der Waals surface area contributed by atoms with E-state index >= 15 is 0 Å². The maximum Gasteiger partial charge on any atom is 0.267 e. The van der Waals surface area contributed by atoms with Crippen LogP contribution in [0.25, 0.3) is 16.8 Å². The van der Waals surface area contributed by atoms with Gasteiger partial charge in [-0.3, -0.25) is 4.79 Å². The van der Waals surface area contributed by atoms with E-state index in [-0.39, 0.29) is 5.91 Å². The molecule has 0 fully saturated rings. The van der Waals surface area contributed by atoms with Gasteiger partial charge in [-0.15, -0.1) is 11.3 Å². The zero-order valence-corrected chi connectivity index (χ0v) is 19.6. The normalized spacial score (nSPS) is 10.7. The van der Waals surface area contributed by atoms with E-state index in [1.54, 1.807) is 0 Å². The standard InChI is InChI=1S/C29H24N2O2S/c1-21-8-7-11-23(18-21)26-20-34-28(27(26)31-16-5-6-17-31)29(32)30-24-12-14-25(15-13-24)33-19-22-9-3-2-4-10-22/h2-18,20H,19H2,1H3,(H,30,32).